The molecule has 0 saturated heterocycles. The Kier molecular flexibility index (Phi) is 7.93. The van der Waals surface area contributed by atoms with Crippen LogP contribution < -0.4 is 20.1 Å². The fourth-order valence-corrected chi connectivity index (χ4v) is 3.95. The molecule has 4 rings (SSSR count). The maximum Gasteiger partial charge on any atom is 0.269 e. The number of thioether (sulfide) groups is 1. The zero-order chi connectivity index (χ0) is 25.7. The molecule has 0 radical (unpaired) electrons. The summed E-state index contributed by atoms with van der Waals surface area (Å²) in [4.78, 5) is 22.0. The molecule has 0 aliphatic rings. The quantitative estimate of drug-likeness (QED) is 0.205. The lowest BCUT2D eigenvalue weighted by Crippen LogP contribution is -2.27. The molecule has 0 saturated carbocycles. The molecule has 36 heavy (non-hydrogen) atoms. The number of nitrogens with one attached hydrogen (secondary N) is 3. The second-order valence-electron chi connectivity index (χ2n) is 8.43. The van der Waals surface area contributed by atoms with Gasteiger partial charge in [-0.25, -0.2) is 14.6 Å². The number of aromatic amines is 1. The first-order valence-corrected chi connectivity index (χ1v) is 12.7. The van der Waals surface area contributed by atoms with Crippen molar-refractivity contribution in [3.63, 3.8) is 0 Å². The van der Waals surface area contributed by atoms with Crippen molar-refractivity contribution in [1.29, 1.82) is 0 Å². The fraction of sp³-hybridized carbons (Fsp3) is 0.375. The minimum atomic E-state index is -0.272. The van der Waals surface area contributed by atoms with E-state index in [-0.39, 0.29) is 5.91 Å². The van der Waals surface area contributed by atoms with Crippen LogP contribution in [0.3, 0.4) is 0 Å². The van der Waals surface area contributed by atoms with Gasteiger partial charge in [-0.05, 0) is 36.4 Å². The average molecular weight is 511 g/mol. The Hall–Kier alpha value is -3.80. The number of carbonyl (C=O) groups excluding carboxylic acids is 1. The van der Waals surface area contributed by atoms with E-state index in [9.17, 15) is 4.79 Å². The molecule has 1 aromatic carbocycles. The first-order valence-electron chi connectivity index (χ1n) is 11.5. The summed E-state index contributed by atoms with van der Waals surface area (Å²) in [6, 6.07) is 7.10. The standard InChI is InChI=1S/C24H30N8O3S/c1-14(2)12-26-21-17-13-27-32(22(17)29-24(28-21)36-5)9-8-25-23(33)19-11-18(30-31-19)16-10-15(34-3)6-7-20(16)35-4/h6-7,10-11,13-14H,8-9,12H2,1-5H3,(H,25,33)(H,30,31)(H,26,28,29). The molecular formula is C24H30N8O3S. The van der Waals surface area contributed by atoms with Gasteiger partial charge in [-0.15, -0.1) is 0 Å². The number of aromatic nitrogens is 6. The summed E-state index contributed by atoms with van der Waals surface area (Å²) in [5, 5.41) is 19.4. The fourth-order valence-electron chi connectivity index (χ4n) is 3.59. The van der Waals surface area contributed by atoms with Crippen LogP contribution in [0.5, 0.6) is 11.5 Å². The van der Waals surface area contributed by atoms with Crippen molar-refractivity contribution in [3.05, 3.63) is 36.2 Å². The van der Waals surface area contributed by atoms with Crippen molar-refractivity contribution in [2.24, 2.45) is 5.92 Å². The molecule has 0 unspecified atom stereocenters. The summed E-state index contributed by atoms with van der Waals surface area (Å²) >= 11 is 1.47. The normalized spacial score (nSPS) is 11.2. The van der Waals surface area contributed by atoms with E-state index in [1.807, 2.05) is 12.3 Å². The molecule has 12 heteroatoms. The molecule has 0 atom stereocenters. The number of hydrogen-bond donors (Lipinski definition) is 3. The van der Waals surface area contributed by atoms with E-state index in [0.29, 0.717) is 47.1 Å². The minimum Gasteiger partial charge on any atom is -0.497 e. The highest BCUT2D eigenvalue weighted by Gasteiger charge is 2.16. The predicted molar refractivity (Wildman–Crippen MR) is 140 cm³/mol. The van der Waals surface area contributed by atoms with Gasteiger partial charge in [0.05, 0.1) is 38.0 Å². The van der Waals surface area contributed by atoms with Crippen LogP contribution in [0.2, 0.25) is 0 Å². The van der Waals surface area contributed by atoms with Gasteiger partial charge >= 0.3 is 0 Å². The number of anilines is 1. The van der Waals surface area contributed by atoms with Crippen molar-refractivity contribution >= 4 is 34.5 Å². The van der Waals surface area contributed by atoms with Crippen molar-refractivity contribution in [2.75, 3.05) is 38.9 Å². The molecule has 3 aromatic heterocycles. The molecule has 0 aliphatic heterocycles. The summed E-state index contributed by atoms with van der Waals surface area (Å²) in [6.45, 7) is 5.90. The van der Waals surface area contributed by atoms with Crippen LogP contribution in [0.15, 0.2) is 35.6 Å². The van der Waals surface area contributed by atoms with Crippen molar-refractivity contribution in [3.8, 4) is 22.8 Å². The van der Waals surface area contributed by atoms with E-state index in [2.05, 4.69) is 49.7 Å². The van der Waals surface area contributed by atoms with Gasteiger partial charge in [-0.1, -0.05) is 25.6 Å². The third-order valence-corrected chi connectivity index (χ3v) is 6.00. The van der Waals surface area contributed by atoms with Crippen LogP contribution in [-0.2, 0) is 6.54 Å². The van der Waals surface area contributed by atoms with E-state index in [1.54, 1.807) is 43.3 Å². The largest absolute Gasteiger partial charge is 0.497 e. The highest BCUT2D eigenvalue weighted by atomic mass is 32.2. The lowest BCUT2D eigenvalue weighted by Gasteiger charge is -2.10. The van der Waals surface area contributed by atoms with Gasteiger partial charge in [0.15, 0.2) is 10.8 Å². The molecule has 0 spiro atoms. The number of ether oxygens (including phenoxy) is 2. The number of amides is 1. The molecule has 0 bridgehead atoms. The second kappa shape index (κ2) is 11.3. The van der Waals surface area contributed by atoms with Crippen LogP contribution in [-0.4, -0.2) is 69.4 Å². The van der Waals surface area contributed by atoms with E-state index in [0.717, 1.165) is 29.0 Å². The van der Waals surface area contributed by atoms with E-state index >= 15 is 0 Å². The monoisotopic (exact) mass is 510 g/mol. The van der Waals surface area contributed by atoms with Gasteiger partial charge < -0.3 is 20.1 Å². The first-order chi connectivity index (χ1) is 17.4. The maximum atomic E-state index is 12.8. The highest BCUT2D eigenvalue weighted by molar-refractivity contribution is 7.98. The molecule has 3 N–H and O–H groups in total. The lowest BCUT2D eigenvalue weighted by molar-refractivity contribution is 0.0947. The number of benzene rings is 1. The number of rotatable bonds is 11. The van der Waals surface area contributed by atoms with Crippen LogP contribution in [0, 0.1) is 5.92 Å². The molecule has 1 amide bonds. The Balaban J connectivity index is 1.44. The number of methoxy groups -OCH3 is 2. The van der Waals surface area contributed by atoms with Gasteiger partial charge in [0.1, 0.15) is 23.0 Å². The average Bonchev–Trinajstić information content (AvgIpc) is 3.54. The second-order valence-corrected chi connectivity index (χ2v) is 9.20. The molecule has 4 aromatic rings. The van der Waals surface area contributed by atoms with Gasteiger partial charge in [0, 0.05) is 18.7 Å². The smallest absolute Gasteiger partial charge is 0.269 e. The SMILES string of the molecule is COc1ccc(OC)c(-c2cc(C(=O)NCCn3ncc4c(NCC(C)C)nc(SC)nc43)[nH]n2)c1. The van der Waals surface area contributed by atoms with Gasteiger partial charge in [0.2, 0.25) is 0 Å². The van der Waals surface area contributed by atoms with Crippen LogP contribution in [0.1, 0.15) is 24.3 Å². The third-order valence-electron chi connectivity index (χ3n) is 5.45. The highest BCUT2D eigenvalue weighted by Crippen LogP contribution is 2.32. The molecule has 11 nitrogen and oxygen atoms in total. The molecule has 0 aliphatic carbocycles. The Morgan fingerprint density at radius 2 is 2.03 bits per heavy atom. The Morgan fingerprint density at radius 1 is 1.19 bits per heavy atom. The number of carbonyl (C=O) groups is 1. The summed E-state index contributed by atoms with van der Waals surface area (Å²) in [5.41, 5.74) is 2.37. The lowest BCUT2D eigenvalue weighted by atomic mass is 10.1. The van der Waals surface area contributed by atoms with Crippen molar-refractivity contribution in [2.45, 2.75) is 25.5 Å². The molecule has 190 valence electrons. The number of fused-ring (bicyclic) bond motifs is 1. The van der Waals surface area contributed by atoms with E-state index < -0.39 is 0 Å². The molecule has 3 heterocycles. The number of nitrogens with zero attached hydrogens (tertiary/aromatic N) is 5. The van der Waals surface area contributed by atoms with Crippen LogP contribution in [0.4, 0.5) is 5.82 Å². The van der Waals surface area contributed by atoms with E-state index in [4.69, 9.17) is 9.47 Å². The third kappa shape index (κ3) is 5.54. The molecular weight excluding hydrogens is 480 g/mol. The summed E-state index contributed by atoms with van der Waals surface area (Å²) in [7, 11) is 3.18. The number of hydrogen-bond acceptors (Lipinski definition) is 9. The Morgan fingerprint density at radius 3 is 2.75 bits per heavy atom. The van der Waals surface area contributed by atoms with Crippen molar-refractivity contribution < 1.29 is 14.3 Å². The summed E-state index contributed by atoms with van der Waals surface area (Å²) < 4.78 is 12.5. The summed E-state index contributed by atoms with van der Waals surface area (Å²) in [6.07, 6.45) is 3.70. The topological polar surface area (TPSA) is 132 Å². The first kappa shape index (κ1) is 25.3. The predicted octanol–water partition coefficient (Wildman–Crippen LogP) is 3.45. The number of H-pyrrole nitrogens is 1. The van der Waals surface area contributed by atoms with Crippen LogP contribution in [0.25, 0.3) is 22.3 Å². The Bertz CT molecular complexity index is 1350. The van der Waals surface area contributed by atoms with E-state index in [1.165, 1.54) is 11.8 Å². The van der Waals surface area contributed by atoms with Crippen molar-refractivity contribution in [1.82, 2.24) is 35.3 Å². The van der Waals surface area contributed by atoms with Gasteiger partial charge in [0.25, 0.3) is 5.91 Å². The summed E-state index contributed by atoms with van der Waals surface area (Å²) in [5.74, 6) is 2.28. The zero-order valence-corrected chi connectivity index (χ0v) is 21.8. The minimum absolute atomic E-state index is 0.272. The van der Waals surface area contributed by atoms with Gasteiger partial charge in [-0.3, -0.25) is 9.89 Å². The maximum absolute atomic E-state index is 12.8. The molecule has 0 fully saturated rings. The van der Waals surface area contributed by atoms with Crippen LogP contribution >= 0.6 is 11.8 Å². The Labute approximate surface area is 213 Å². The zero-order valence-electron chi connectivity index (χ0n) is 21.0. The van der Waals surface area contributed by atoms with Gasteiger partial charge in [-0.2, -0.15) is 10.2 Å².